The van der Waals surface area contributed by atoms with Crippen LogP contribution < -0.4 is 10.0 Å². The highest BCUT2D eigenvalue weighted by atomic mass is 32.2. The van der Waals surface area contributed by atoms with E-state index in [1.165, 1.54) is 6.07 Å². The van der Waals surface area contributed by atoms with Crippen molar-refractivity contribution >= 4 is 10.0 Å². The van der Waals surface area contributed by atoms with E-state index in [0.29, 0.717) is 31.8 Å². The van der Waals surface area contributed by atoms with Crippen LogP contribution in [0.3, 0.4) is 0 Å². The topological polar surface area (TPSA) is 89.2 Å². The van der Waals surface area contributed by atoms with Gasteiger partial charge >= 0.3 is 0 Å². The van der Waals surface area contributed by atoms with Crippen molar-refractivity contribution in [2.75, 3.05) is 13.1 Å². The summed E-state index contributed by atoms with van der Waals surface area (Å²) < 4.78 is 33.8. The molecule has 0 aliphatic heterocycles. The van der Waals surface area contributed by atoms with E-state index in [-0.39, 0.29) is 5.09 Å². The molecule has 0 bridgehead atoms. The quantitative estimate of drug-likeness (QED) is 0.673. The van der Waals surface area contributed by atoms with E-state index in [1.807, 2.05) is 17.7 Å². The third-order valence-corrected chi connectivity index (χ3v) is 4.23. The summed E-state index contributed by atoms with van der Waals surface area (Å²) in [6.45, 7) is 4.36. The Morgan fingerprint density at radius 1 is 1.38 bits per heavy atom. The minimum atomic E-state index is -3.57. The summed E-state index contributed by atoms with van der Waals surface area (Å²) in [5.41, 5.74) is 0. The molecule has 0 unspecified atom stereocenters. The van der Waals surface area contributed by atoms with Crippen molar-refractivity contribution in [1.82, 2.24) is 19.6 Å². The Balaban J connectivity index is 1.82. The number of nitrogens with one attached hydrogen (secondary N) is 2. The molecular weight excluding hydrogens is 292 g/mol. The molecule has 0 saturated heterocycles. The van der Waals surface area contributed by atoms with Gasteiger partial charge in [-0.05, 0) is 25.1 Å². The average molecular weight is 312 g/mol. The molecule has 116 valence electrons. The lowest BCUT2D eigenvalue weighted by Crippen LogP contribution is -2.25. The van der Waals surface area contributed by atoms with Gasteiger partial charge in [-0.25, -0.2) is 18.1 Å². The highest BCUT2D eigenvalue weighted by molar-refractivity contribution is 7.89. The van der Waals surface area contributed by atoms with E-state index in [1.54, 1.807) is 18.6 Å². The van der Waals surface area contributed by atoms with Crippen molar-refractivity contribution < 1.29 is 12.8 Å². The number of aryl methyl sites for hydroxylation is 1. The van der Waals surface area contributed by atoms with E-state index in [9.17, 15) is 8.42 Å². The first-order valence-corrected chi connectivity index (χ1v) is 8.35. The molecule has 2 heterocycles. The van der Waals surface area contributed by atoms with Crippen LogP contribution in [0.15, 0.2) is 40.4 Å². The van der Waals surface area contributed by atoms with Gasteiger partial charge in [0.05, 0.1) is 12.9 Å². The monoisotopic (exact) mass is 312 g/mol. The van der Waals surface area contributed by atoms with Gasteiger partial charge in [-0.15, -0.1) is 0 Å². The molecule has 8 heteroatoms. The first-order chi connectivity index (χ1) is 10.1. The maximum atomic E-state index is 12.0. The number of rotatable bonds is 9. The number of imidazole rings is 1. The average Bonchev–Trinajstić information content (AvgIpc) is 3.13. The van der Waals surface area contributed by atoms with Crippen molar-refractivity contribution in [3.8, 4) is 0 Å². The van der Waals surface area contributed by atoms with Gasteiger partial charge in [0.25, 0.3) is 10.0 Å². The van der Waals surface area contributed by atoms with Crippen LogP contribution in [0.2, 0.25) is 0 Å². The molecule has 0 radical (unpaired) electrons. The molecule has 2 rings (SSSR count). The van der Waals surface area contributed by atoms with Crippen LogP contribution in [-0.4, -0.2) is 31.1 Å². The van der Waals surface area contributed by atoms with Crippen molar-refractivity contribution in [3.63, 3.8) is 0 Å². The fourth-order valence-electron chi connectivity index (χ4n) is 1.80. The molecule has 7 nitrogen and oxygen atoms in total. The molecule has 0 aliphatic rings. The van der Waals surface area contributed by atoms with Crippen molar-refractivity contribution in [1.29, 1.82) is 0 Å². The van der Waals surface area contributed by atoms with E-state index >= 15 is 0 Å². The minimum Gasteiger partial charge on any atom is -0.447 e. The molecule has 0 amide bonds. The number of hydrogen-bond acceptors (Lipinski definition) is 5. The summed E-state index contributed by atoms with van der Waals surface area (Å²) in [6.07, 6.45) is 5.92. The van der Waals surface area contributed by atoms with Gasteiger partial charge in [0.15, 0.2) is 0 Å². The van der Waals surface area contributed by atoms with Crippen LogP contribution in [0.4, 0.5) is 0 Å². The van der Waals surface area contributed by atoms with Gasteiger partial charge in [-0.3, -0.25) is 0 Å². The van der Waals surface area contributed by atoms with Gasteiger partial charge in [-0.2, -0.15) is 0 Å². The molecule has 2 aromatic heterocycles. The van der Waals surface area contributed by atoms with E-state index < -0.39 is 10.0 Å². The number of hydrogen-bond donors (Lipinski definition) is 2. The Bertz CT molecular complexity index is 634. The van der Waals surface area contributed by atoms with Crippen LogP contribution in [-0.2, 0) is 23.1 Å². The second kappa shape index (κ2) is 7.39. The van der Waals surface area contributed by atoms with Crippen LogP contribution in [0.1, 0.15) is 19.1 Å². The van der Waals surface area contributed by atoms with Crippen LogP contribution in [0.5, 0.6) is 0 Å². The van der Waals surface area contributed by atoms with E-state index in [4.69, 9.17) is 4.42 Å². The third kappa shape index (κ3) is 4.69. The SMILES string of the molecule is CCNCc1ccc(S(=O)(=O)NCCCn2ccnc2)o1. The zero-order valence-corrected chi connectivity index (χ0v) is 12.8. The van der Waals surface area contributed by atoms with E-state index in [0.717, 1.165) is 6.54 Å². The van der Waals surface area contributed by atoms with Gasteiger partial charge in [0.2, 0.25) is 5.09 Å². The van der Waals surface area contributed by atoms with Crippen molar-refractivity contribution in [2.24, 2.45) is 0 Å². The number of sulfonamides is 1. The molecule has 0 aliphatic carbocycles. The summed E-state index contributed by atoms with van der Waals surface area (Å²) >= 11 is 0. The van der Waals surface area contributed by atoms with Crippen LogP contribution >= 0.6 is 0 Å². The predicted molar refractivity (Wildman–Crippen MR) is 78.1 cm³/mol. The molecule has 2 N–H and O–H groups in total. The number of furan rings is 1. The van der Waals surface area contributed by atoms with E-state index in [2.05, 4.69) is 15.0 Å². The maximum Gasteiger partial charge on any atom is 0.273 e. The summed E-state index contributed by atoms with van der Waals surface area (Å²) in [4.78, 5) is 3.93. The van der Waals surface area contributed by atoms with Gasteiger partial charge in [0, 0.05) is 25.5 Å². The zero-order valence-electron chi connectivity index (χ0n) is 11.9. The van der Waals surface area contributed by atoms with Gasteiger partial charge in [-0.1, -0.05) is 6.92 Å². The lowest BCUT2D eigenvalue weighted by Gasteiger charge is -2.05. The molecular formula is C13H20N4O3S. The molecule has 0 aromatic carbocycles. The van der Waals surface area contributed by atoms with Crippen molar-refractivity contribution in [2.45, 2.75) is 31.5 Å². The Morgan fingerprint density at radius 3 is 2.95 bits per heavy atom. The Labute approximate surface area is 124 Å². The molecule has 2 aromatic rings. The summed E-state index contributed by atoms with van der Waals surface area (Å²) in [7, 11) is -3.57. The predicted octanol–water partition coefficient (Wildman–Crippen LogP) is 0.954. The standard InChI is InChI=1S/C13H20N4O3S/c1-2-14-10-12-4-5-13(20-12)21(18,19)16-6-3-8-17-9-7-15-11-17/h4-5,7,9,11,14,16H,2-3,6,8,10H2,1H3. The number of aromatic nitrogens is 2. The van der Waals surface area contributed by atoms with Gasteiger partial charge < -0.3 is 14.3 Å². The lowest BCUT2D eigenvalue weighted by atomic mass is 10.4. The maximum absolute atomic E-state index is 12.0. The highest BCUT2D eigenvalue weighted by Gasteiger charge is 2.17. The third-order valence-electron chi connectivity index (χ3n) is 2.90. The first kappa shape index (κ1) is 15.7. The molecule has 0 fully saturated rings. The van der Waals surface area contributed by atoms with Crippen molar-refractivity contribution in [3.05, 3.63) is 36.6 Å². The molecule has 0 saturated carbocycles. The summed E-state index contributed by atoms with van der Waals surface area (Å²) in [5.74, 6) is 0.607. The molecule has 0 atom stereocenters. The Hall–Kier alpha value is -1.64. The zero-order chi connectivity index (χ0) is 15.1. The molecule has 21 heavy (non-hydrogen) atoms. The van der Waals surface area contributed by atoms with Crippen LogP contribution in [0, 0.1) is 0 Å². The van der Waals surface area contributed by atoms with Gasteiger partial charge in [0.1, 0.15) is 5.76 Å². The highest BCUT2D eigenvalue weighted by Crippen LogP contribution is 2.13. The lowest BCUT2D eigenvalue weighted by molar-refractivity contribution is 0.401. The molecule has 0 spiro atoms. The second-order valence-electron chi connectivity index (χ2n) is 4.55. The summed E-state index contributed by atoms with van der Waals surface area (Å²) in [5, 5.41) is 3.04. The largest absolute Gasteiger partial charge is 0.447 e. The number of nitrogens with zero attached hydrogens (tertiary/aromatic N) is 2. The fraction of sp³-hybridized carbons (Fsp3) is 0.462. The van der Waals surface area contributed by atoms with Crippen LogP contribution in [0.25, 0.3) is 0 Å². The second-order valence-corrected chi connectivity index (χ2v) is 6.25. The Morgan fingerprint density at radius 2 is 2.24 bits per heavy atom. The smallest absolute Gasteiger partial charge is 0.273 e. The fourth-order valence-corrected chi connectivity index (χ4v) is 2.82. The summed E-state index contributed by atoms with van der Waals surface area (Å²) in [6, 6.07) is 3.15. The Kier molecular flexibility index (Phi) is 5.54. The minimum absolute atomic E-state index is 0.0435. The first-order valence-electron chi connectivity index (χ1n) is 6.86. The normalized spacial score (nSPS) is 11.9.